The maximum Gasteiger partial charge on any atom is 0.119 e. The molecule has 4 heteroatoms. The van der Waals surface area contributed by atoms with Gasteiger partial charge < -0.3 is 9.47 Å². The van der Waals surface area contributed by atoms with E-state index in [1.165, 1.54) is 16.3 Å². The van der Waals surface area contributed by atoms with Gasteiger partial charge in [-0.1, -0.05) is 18.2 Å². The molecule has 0 saturated carbocycles. The second-order valence-corrected chi connectivity index (χ2v) is 5.42. The maximum absolute atomic E-state index is 5.37. The summed E-state index contributed by atoms with van der Waals surface area (Å²) in [4.78, 5) is 0. The summed E-state index contributed by atoms with van der Waals surface area (Å²) in [6.45, 7) is 5.68. The van der Waals surface area contributed by atoms with E-state index in [9.17, 15) is 0 Å². The molecule has 0 amide bonds. The van der Waals surface area contributed by atoms with Crippen molar-refractivity contribution in [3.05, 3.63) is 42.0 Å². The molecule has 1 aliphatic heterocycles. The van der Waals surface area contributed by atoms with Crippen LogP contribution in [0.4, 0.5) is 0 Å². The predicted octanol–water partition coefficient (Wildman–Crippen LogP) is 2.75. The highest BCUT2D eigenvalue weighted by Crippen LogP contribution is 2.24. The minimum Gasteiger partial charge on any atom is -0.497 e. The fourth-order valence-electron chi connectivity index (χ4n) is 2.68. The zero-order valence-electron chi connectivity index (χ0n) is 12.6. The molecule has 1 aliphatic rings. The number of ether oxygens (including phenoxy) is 2. The van der Waals surface area contributed by atoms with Gasteiger partial charge in [-0.05, 0) is 41.5 Å². The molecule has 0 aliphatic carbocycles. The van der Waals surface area contributed by atoms with Gasteiger partial charge in [0.05, 0.1) is 20.3 Å². The Morgan fingerprint density at radius 2 is 1.81 bits per heavy atom. The summed E-state index contributed by atoms with van der Waals surface area (Å²) in [7, 11) is 1.70. The third-order valence-electron chi connectivity index (χ3n) is 3.96. The third-order valence-corrected chi connectivity index (χ3v) is 3.96. The number of benzene rings is 2. The number of rotatable bonds is 4. The molecular formula is C17H22N2O2. The maximum atomic E-state index is 5.37. The zero-order chi connectivity index (χ0) is 14.7. The lowest BCUT2D eigenvalue weighted by Crippen LogP contribution is -2.46. The largest absolute Gasteiger partial charge is 0.497 e. The summed E-state index contributed by atoms with van der Waals surface area (Å²) < 4.78 is 10.6. The van der Waals surface area contributed by atoms with Gasteiger partial charge in [0.1, 0.15) is 5.75 Å². The smallest absolute Gasteiger partial charge is 0.119 e. The lowest BCUT2D eigenvalue weighted by Gasteiger charge is -2.30. The minimum atomic E-state index is 0.287. The summed E-state index contributed by atoms with van der Waals surface area (Å²) in [5.41, 5.74) is 4.84. The summed E-state index contributed by atoms with van der Waals surface area (Å²) in [6.07, 6.45) is 0. The van der Waals surface area contributed by atoms with E-state index in [2.05, 4.69) is 47.7 Å². The average molecular weight is 286 g/mol. The van der Waals surface area contributed by atoms with Crippen molar-refractivity contribution >= 4 is 10.8 Å². The van der Waals surface area contributed by atoms with Crippen molar-refractivity contribution in [2.24, 2.45) is 0 Å². The van der Waals surface area contributed by atoms with E-state index in [1.54, 1.807) is 7.11 Å². The lowest BCUT2D eigenvalue weighted by molar-refractivity contribution is 0.00485. The van der Waals surface area contributed by atoms with E-state index in [-0.39, 0.29) is 6.04 Å². The van der Waals surface area contributed by atoms with Crippen molar-refractivity contribution in [2.45, 2.75) is 13.0 Å². The van der Waals surface area contributed by atoms with E-state index < -0.39 is 0 Å². The Labute approximate surface area is 125 Å². The second kappa shape index (κ2) is 6.43. The van der Waals surface area contributed by atoms with Crippen LogP contribution in [-0.2, 0) is 4.74 Å². The molecule has 1 unspecified atom stereocenters. The van der Waals surface area contributed by atoms with Gasteiger partial charge in [-0.15, -0.1) is 0 Å². The Bertz CT molecular complexity index is 609. The van der Waals surface area contributed by atoms with Gasteiger partial charge in [-0.2, -0.15) is 0 Å². The van der Waals surface area contributed by atoms with Crippen LogP contribution in [0.25, 0.3) is 10.8 Å². The van der Waals surface area contributed by atoms with Gasteiger partial charge in [0.15, 0.2) is 0 Å². The molecule has 0 radical (unpaired) electrons. The van der Waals surface area contributed by atoms with Gasteiger partial charge in [0, 0.05) is 19.1 Å². The highest BCUT2D eigenvalue weighted by molar-refractivity contribution is 5.84. The molecule has 4 nitrogen and oxygen atoms in total. The van der Waals surface area contributed by atoms with Crippen LogP contribution in [0.3, 0.4) is 0 Å². The molecule has 3 rings (SSSR count). The van der Waals surface area contributed by atoms with Gasteiger partial charge in [-0.25, -0.2) is 10.4 Å². The van der Waals surface area contributed by atoms with Crippen LogP contribution in [-0.4, -0.2) is 38.4 Å². The summed E-state index contributed by atoms with van der Waals surface area (Å²) in [5, 5.41) is 4.69. The van der Waals surface area contributed by atoms with Crippen LogP contribution in [0.2, 0.25) is 0 Å². The number of hydrazine groups is 1. The van der Waals surface area contributed by atoms with Crippen LogP contribution in [0.5, 0.6) is 5.75 Å². The van der Waals surface area contributed by atoms with Crippen LogP contribution in [0, 0.1) is 0 Å². The SMILES string of the molecule is COc1ccc2cc(C(C)NN3CCOCC3)ccc2c1. The Hall–Kier alpha value is -1.62. The fourth-order valence-corrected chi connectivity index (χ4v) is 2.68. The molecular weight excluding hydrogens is 264 g/mol. The van der Waals surface area contributed by atoms with Gasteiger partial charge in [-0.3, -0.25) is 0 Å². The topological polar surface area (TPSA) is 33.7 Å². The van der Waals surface area contributed by atoms with Crippen LogP contribution >= 0.6 is 0 Å². The first-order chi connectivity index (χ1) is 10.3. The fraction of sp³-hybridized carbons (Fsp3) is 0.412. The van der Waals surface area contributed by atoms with Gasteiger partial charge in [0.25, 0.3) is 0 Å². The molecule has 21 heavy (non-hydrogen) atoms. The van der Waals surface area contributed by atoms with E-state index >= 15 is 0 Å². The van der Waals surface area contributed by atoms with Gasteiger partial charge >= 0.3 is 0 Å². The first-order valence-electron chi connectivity index (χ1n) is 7.43. The molecule has 1 atom stereocenters. The molecule has 1 N–H and O–H groups in total. The van der Waals surface area contributed by atoms with E-state index in [1.807, 2.05) is 6.07 Å². The molecule has 0 spiro atoms. The lowest BCUT2D eigenvalue weighted by atomic mass is 10.0. The second-order valence-electron chi connectivity index (χ2n) is 5.42. The standard InChI is InChI=1S/C17H22N2O2/c1-13(18-19-7-9-21-10-8-19)14-3-4-16-12-17(20-2)6-5-15(16)11-14/h3-6,11-13,18H,7-10H2,1-2H3. The summed E-state index contributed by atoms with van der Waals surface area (Å²) >= 11 is 0. The van der Waals surface area contributed by atoms with Crippen LogP contribution in [0.15, 0.2) is 36.4 Å². The molecule has 2 aromatic rings. The Balaban J connectivity index is 1.76. The molecule has 112 valence electrons. The average Bonchev–Trinajstić information content (AvgIpc) is 2.54. The van der Waals surface area contributed by atoms with Crippen molar-refractivity contribution < 1.29 is 9.47 Å². The molecule has 1 heterocycles. The van der Waals surface area contributed by atoms with Crippen molar-refractivity contribution in [1.29, 1.82) is 0 Å². The molecule has 0 aromatic heterocycles. The monoisotopic (exact) mass is 286 g/mol. The molecule has 1 fully saturated rings. The quantitative estimate of drug-likeness (QED) is 0.937. The van der Waals surface area contributed by atoms with E-state index in [0.29, 0.717) is 0 Å². The van der Waals surface area contributed by atoms with E-state index in [4.69, 9.17) is 9.47 Å². The number of hydrogen-bond donors (Lipinski definition) is 1. The first kappa shape index (κ1) is 14.3. The number of nitrogens with one attached hydrogen (secondary N) is 1. The summed E-state index contributed by atoms with van der Waals surface area (Å²) in [5.74, 6) is 0.898. The zero-order valence-corrected chi connectivity index (χ0v) is 12.6. The highest BCUT2D eigenvalue weighted by Gasteiger charge is 2.14. The Kier molecular flexibility index (Phi) is 4.39. The van der Waals surface area contributed by atoms with Gasteiger partial charge in [0.2, 0.25) is 0 Å². The minimum absolute atomic E-state index is 0.287. The third kappa shape index (κ3) is 3.35. The Morgan fingerprint density at radius 3 is 2.57 bits per heavy atom. The molecule has 1 saturated heterocycles. The van der Waals surface area contributed by atoms with Crippen LogP contribution in [0.1, 0.15) is 18.5 Å². The number of morpholine rings is 1. The number of nitrogens with zero attached hydrogens (tertiary/aromatic N) is 1. The number of fused-ring (bicyclic) bond motifs is 1. The van der Waals surface area contributed by atoms with Crippen molar-refractivity contribution in [1.82, 2.24) is 10.4 Å². The number of methoxy groups -OCH3 is 1. The van der Waals surface area contributed by atoms with Crippen molar-refractivity contribution in [3.8, 4) is 5.75 Å². The predicted molar refractivity (Wildman–Crippen MR) is 84.4 cm³/mol. The Morgan fingerprint density at radius 1 is 1.10 bits per heavy atom. The van der Waals surface area contributed by atoms with Crippen molar-refractivity contribution in [3.63, 3.8) is 0 Å². The highest BCUT2D eigenvalue weighted by atomic mass is 16.5. The molecule has 0 bridgehead atoms. The van der Waals surface area contributed by atoms with E-state index in [0.717, 1.165) is 32.1 Å². The van der Waals surface area contributed by atoms with Crippen LogP contribution < -0.4 is 10.2 Å². The molecule has 2 aromatic carbocycles. The first-order valence-corrected chi connectivity index (χ1v) is 7.43. The number of hydrogen-bond acceptors (Lipinski definition) is 4. The summed E-state index contributed by atoms with van der Waals surface area (Å²) in [6, 6.07) is 13.1. The van der Waals surface area contributed by atoms with Crippen molar-refractivity contribution in [2.75, 3.05) is 33.4 Å². The normalized spacial score (nSPS) is 17.8.